The fraction of sp³-hybridized carbons (Fsp3) is 0.833. The highest BCUT2D eigenvalue weighted by molar-refractivity contribution is 14.1. The van der Waals surface area contributed by atoms with E-state index in [1.54, 1.807) is 6.92 Å². The second-order valence-corrected chi connectivity index (χ2v) is 3.73. The second kappa shape index (κ2) is 2.86. The zero-order chi connectivity index (χ0) is 6.85. The lowest BCUT2D eigenvalue weighted by molar-refractivity contribution is -0.128. The molecule has 0 aliphatic carbocycles. The summed E-state index contributed by atoms with van der Waals surface area (Å²) >= 11 is 2.31. The standard InChI is InChI=1S/C6H10INO/c1-5(9)8-4-2-3-6(8)7/h6H,2-4H2,1H3. The topological polar surface area (TPSA) is 20.3 Å². The van der Waals surface area contributed by atoms with Gasteiger partial charge in [0.2, 0.25) is 5.91 Å². The summed E-state index contributed by atoms with van der Waals surface area (Å²) in [6, 6.07) is 0. The van der Waals surface area contributed by atoms with E-state index in [0.29, 0.717) is 4.05 Å². The summed E-state index contributed by atoms with van der Waals surface area (Å²) in [5.74, 6) is 0.215. The van der Waals surface area contributed by atoms with Crippen molar-refractivity contribution in [2.45, 2.75) is 23.8 Å². The molecule has 0 saturated carbocycles. The zero-order valence-electron chi connectivity index (χ0n) is 5.43. The Morgan fingerprint density at radius 1 is 1.78 bits per heavy atom. The first-order valence-electron chi connectivity index (χ1n) is 3.13. The van der Waals surface area contributed by atoms with Gasteiger partial charge in [-0.25, -0.2) is 0 Å². The molecule has 1 saturated heterocycles. The van der Waals surface area contributed by atoms with Gasteiger partial charge < -0.3 is 4.90 Å². The third kappa shape index (κ3) is 1.56. The van der Waals surface area contributed by atoms with Gasteiger partial charge in [-0.1, -0.05) is 22.6 Å². The molecule has 9 heavy (non-hydrogen) atoms. The molecule has 1 amide bonds. The minimum Gasteiger partial charge on any atom is -0.331 e. The lowest BCUT2D eigenvalue weighted by Crippen LogP contribution is -2.29. The highest BCUT2D eigenvalue weighted by Crippen LogP contribution is 2.21. The number of carbonyl (C=O) groups is 1. The Morgan fingerprint density at radius 2 is 2.44 bits per heavy atom. The molecule has 0 radical (unpaired) electrons. The molecule has 0 N–H and O–H groups in total. The molecule has 0 spiro atoms. The first kappa shape index (κ1) is 7.31. The first-order valence-corrected chi connectivity index (χ1v) is 4.37. The summed E-state index contributed by atoms with van der Waals surface area (Å²) < 4.78 is 0.458. The SMILES string of the molecule is CC(=O)N1CCCC1I. The fourth-order valence-corrected chi connectivity index (χ4v) is 2.19. The monoisotopic (exact) mass is 239 g/mol. The van der Waals surface area contributed by atoms with Gasteiger partial charge >= 0.3 is 0 Å². The number of rotatable bonds is 0. The molecule has 1 aliphatic heterocycles. The van der Waals surface area contributed by atoms with Crippen LogP contribution in [0.3, 0.4) is 0 Å². The van der Waals surface area contributed by atoms with Gasteiger partial charge in [-0.3, -0.25) is 4.79 Å². The number of alkyl halides is 1. The van der Waals surface area contributed by atoms with Crippen molar-refractivity contribution in [3.05, 3.63) is 0 Å². The zero-order valence-corrected chi connectivity index (χ0v) is 7.59. The molecule has 52 valence electrons. The normalized spacial score (nSPS) is 26.9. The Morgan fingerprint density at radius 3 is 2.67 bits per heavy atom. The molecule has 0 bridgehead atoms. The van der Waals surface area contributed by atoms with E-state index in [9.17, 15) is 4.79 Å². The van der Waals surface area contributed by atoms with Crippen LogP contribution >= 0.6 is 22.6 Å². The van der Waals surface area contributed by atoms with Gasteiger partial charge in [-0.05, 0) is 12.8 Å². The van der Waals surface area contributed by atoms with E-state index in [4.69, 9.17) is 0 Å². The number of hydrogen-bond donors (Lipinski definition) is 0. The molecule has 2 nitrogen and oxygen atoms in total. The lowest BCUT2D eigenvalue weighted by atomic mass is 10.4. The third-order valence-corrected chi connectivity index (χ3v) is 2.88. The van der Waals surface area contributed by atoms with Crippen LogP contribution in [0, 0.1) is 0 Å². The van der Waals surface area contributed by atoms with Crippen LogP contribution in [0.2, 0.25) is 0 Å². The molecule has 1 rings (SSSR count). The van der Waals surface area contributed by atoms with Crippen LogP contribution in [-0.2, 0) is 4.79 Å². The fourth-order valence-electron chi connectivity index (χ4n) is 1.08. The average molecular weight is 239 g/mol. The van der Waals surface area contributed by atoms with E-state index in [1.165, 1.54) is 12.8 Å². The van der Waals surface area contributed by atoms with Gasteiger partial charge in [-0.2, -0.15) is 0 Å². The highest BCUT2D eigenvalue weighted by Gasteiger charge is 2.22. The van der Waals surface area contributed by atoms with Crippen molar-refractivity contribution >= 4 is 28.5 Å². The van der Waals surface area contributed by atoms with Crippen molar-refractivity contribution in [2.75, 3.05) is 6.54 Å². The van der Waals surface area contributed by atoms with Gasteiger partial charge in [-0.15, -0.1) is 0 Å². The van der Waals surface area contributed by atoms with Crippen molar-refractivity contribution < 1.29 is 4.79 Å². The number of hydrogen-bond acceptors (Lipinski definition) is 1. The van der Waals surface area contributed by atoms with E-state index in [1.807, 2.05) is 4.90 Å². The molecular formula is C6H10INO. The maximum atomic E-state index is 10.8. The molecular weight excluding hydrogens is 229 g/mol. The molecule has 3 heteroatoms. The molecule has 0 aromatic rings. The average Bonchev–Trinajstić information content (AvgIpc) is 2.13. The maximum Gasteiger partial charge on any atom is 0.220 e. The molecule has 1 heterocycles. The van der Waals surface area contributed by atoms with Crippen molar-refractivity contribution in [3.8, 4) is 0 Å². The Balaban J connectivity index is 2.49. The third-order valence-electron chi connectivity index (χ3n) is 1.58. The first-order chi connectivity index (χ1) is 4.22. The van der Waals surface area contributed by atoms with Crippen molar-refractivity contribution in [1.82, 2.24) is 4.90 Å². The van der Waals surface area contributed by atoms with Crippen molar-refractivity contribution in [1.29, 1.82) is 0 Å². The number of likely N-dealkylation sites (tertiary alicyclic amines) is 1. The van der Waals surface area contributed by atoms with Gasteiger partial charge in [0.15, 0.2) is 0 Å². The van der Waals surface area contributed by atoms with Gasteiger partial charge in [0.05, 0.1) is 4.05 Å². The Labute approximate surface area is 68.7 Å². The Kier molecular flexibility index (Phi) is 2.32. The molecule has 0 aromatic heterocycles. The van der Waals surface area contributed by atoms with Gasteiger partial charge in [0.1, 0.15) is 0 Å². The number of halogens is 1. The summed E-state index contributed by atoms with van der Waals surface area (Å²) in [6.45, 7) is 2.60. The predicted molar refractivity (Wildman–Crippen MR) is 44.4 cm³/mol. The van der Waals surface area contributed by atoms with Gasteiger partial charge in [0, 0.05) is 13.5 Å². The highest BCUT2D eigenvalue weighted by atomic mass is 127. The molecule has 1 unspecified atom stereocenters. The molecule has 1 aliphatic rings. The summed E-state index contributed by atoms with van der Waals surface area (Å²) in [7, 11) is 0. The van der Waals surface area contributed by atoms with Gasteiger partial charge in [0.25, 0.3) is 0 Å². The van der Waals surface area contributed by atoms with Crippen LogP contribution in [0.25, 0.3) is 0 Å². The van der Waals surface area contributed by atoms with E-state index < -0.39 is 0 Å². The largest absolute Gasteiger partial charge is 0.331 e. The van der Waals surface area contributed by atoms with Crippen LogP contribution < -0.4 is 0 Å². The van der Waals surface area contributed by atoms with E-state index in [2.05, 4.69) is 22.6 Å². The molecule has 1 fully saturated rings. The van der Waals surface area contributed by atoms with Crippen LogP contribution in [0.4, 0.5) is 0 Å². The molecule has 1 atom stereocenters. The lowest BCUT2D eigenvalue weighted by Gasteiger charge is -2.16. The quantitative estimate of drug-likeness (QED) is 0.355. The van der Waals surface area contributed by atoms with Crippen LogP contribution in [0.15, 0.2) is 0 Å². The van der Waals surface area contributed by atoms with E-state index in [-0.39, 0.29) is 5.91 Å². The number of carbonyl (C=O) groups excluding carboxylic acids is 1. The summed E-state index contributed by atoms with van der Waals surface area (Å²) in [5.41, 5.74) is 0. The summed E-state index contributed by atoms with van der Waals surface area (Å²) in [5, 5.41) is 0. The Bertz CT molecular complexity index is 126. The second-order valence-electron chi connectivity index (χ2n) is 2.29. The van der Waals surface area contributed by atoms with E-state index >= 15 is 0 Å². The van der Waals surface area contributed by atoms with Crippen LogP contribution in [0.5, 0.6) is 0 Å². The number of nitrogens with zero attached hydrogens (tertiary/aromatic N) is 1. The van der Waals surface area contributed by atoms with Crippen LogP contribution in [0.1, 0.15) is 19.8 Å². The minimum atomic E-state index is 0.215. The van der Waals surface area contributed by atoms with Crippen molar-refractivity contribution in [3.63, 3.8) is 0 Å². The molecule has 0 aromatic carbocycles. The summed E-state index contributed by atoms with van der Waals surface area (Å²) in [6.07, 6.45) is 2.34. The smallest absolute Gasteiger partial charge is 0.220 e. The predicted octanol–water partition coefficient (Wildman–Crippen LogP) is 1.39. The van der Waals surface area contributed by atoms with E-state index in [0.717, 1.165) is 6.54 Å². The van der Waals surface area contributed by atoms with Crippen molar-refractivity contribution in [2.24, 2.45) is 0 Å². The van der Waals surface area contributed by atoms with Crippen LogP contribution in [-0.4, -0.2) is 21.4 Å². The number of amides is 1. The minimum absolute atomic E-state index is 0.215. The maximum absolute atomic E-state index is 10.8. The Hall–Kier alpha value is 0.200. The summed E-state index contributed by atoms with van der Waals surface area (Å²) in [4.78, 5) is 12.7.